The molecule has 1 aromatic rings. The van der Waals surface area contributed by atoms with Gasteiger partial charge in [0.15, 0.2) is 0 Å². The lowest BCUT2D eigenvalue weighted by molar-refractivity contribution is 0.839. The highest BCUT2D eigenvalue weighted by molar-refractivity contribution is 5.77. The molecule has 0 aliphatic carbocycles. The molecule has 0 unspecified atom stereocenters. The van der Waals surface area contributed by atoms with Gasteiger partial charge in [0, 0.05) is 12.8 Å². The van der Waals surface area contributed by atoms with E-state index in [1.54, 1.807) is 12.2 Å². The minimum Gasteiger partial charge on any atom is -0.368 e. The van der Waals surface area contributed by atoms with E-state index in [2.05, 4.69) is 18.3 Å². The zero-order valence-corrected chi connectivity index (χ0v) is 8.03. The first-order valence-electron chi connectivity index (χ1n) is 4.33. The second kappa shape index (κ2) is 4.41. The molecule has 3 N–H and O–H groups in total. The molecule has 1 aromatic heterocycles. The van der Waals surface area contributed by atoms with Crippen molar-refractivity contribution in [1.82, 2.24) is 9.78 Å². The Hall–Kier alpha value is -1.84. The normalized spacial score (nSPS) is 9.71. The molecule has 1 rings (SSSR count). The molecule has 74 valence electrons. The van der Waals surface area contributed by atoms with Crippen LogP contribution in [0, 0.1) is 5.41 Å². The van der Waals surface area contributed by atoms with Crippen molar-refractivity contribution in [3.8, 4) is 0 Å². The van der Waals surface area contributed by atoms with Gasteiger partial charge in [-0.15, -0.1) is 13.2 Å². The van der Waals surface area contributed by atoms with Gasteiger partial charge in [0.25, 0.3) is 0 Å². The van der Waals surface area contributed by atoms with Gasteiger partial charge in [-0.25, -0.2) is 4.68 Å². The lowest BCUT2D eigenvalue weighted by Gasteiger charge is -2.00. The fraction of sp³-hybridized carbons (Fsp3) is 0.200. The molecule has 0 radical (unpaired) electrons. The van der Waals surface area contributed by atoms with Crippen LogP contribution in [0.15, 0.2) is 31.4 Å². The molecular weight excluding hydrogens is 176 g/mol. The molecule has 0 aromatic carbocycles. The topological polar surface area (TPSA) is 67.7 Å². The Morgan fingerprint density at radius 3 is 2.64 bits per heavy atom. The van der Waals surface area contributed by atoms with E-state index in [9.17, 15) is 0 Å². The average molecular weight is 190 g/mol. The van der Waals surface area contributed by atoms with E-state index in [1.807, 2.05) is 6.07 Å². The summed E-state index contributed by atoms with van der Waals surface area (Å²) in [5, 5.41) is 11.5. The van der Waals surface area contributed by atoms with Crippen LogP contribution >= 0.6 is 0 Å². The molecule has 1 heterocycles. The molecule has 0 saturated heterocycles. The van der Waals surface area contributed by atoms with Gasteiger partial charge in [-0.05, 0) is 6.07 Å². The van der Waals surface area contributed by atoms with E-state index in [0.717, 1.165) is 11.4 Å². The maximum absolute atomic E-state index is 7.32. The Balaban J connectivity index is 3.04. The highest BCUT2D eigenvalue weighted by Gasteiger charge is 2.07. The Morgan fingerprint density at radius 2 is 2.14 bits per heavy atom. The van der Waals surface area contributed by atoms with Crippen LogP contribution in [0.5, 0.6) is 0 Å². The van der Waals surface area contributed by atoms with Crippen LogP contribution in [0.3, 0.4) is 0 Å². The Labute approximate surface area is 83.2 Å². The largest absolute Gasteiger partial charge is 0.368 e. The molecular formula is C10H14N4. The van der Waals surface area contributed by atoms with Crippen LogP contribution in [-0.4, -0.2) is 15.7 Å². The van der Waals surface area contributed by atoms with E-state index >= 15 is 0 Å². The predicted octanol–water partition coefficient (Wildman–Crippen LogP) is 1.08. The molecule has 0 aliphatic rings. The summed E-state index contributed by atoms with van der Waals surface area (Å²) in [7, 11) is 0. The third-order valence-electron chi connectivity index (χ3n) is 1.77. The fourth-order valence-corrected chi connectivity index (χ4v) is 1.22. The lowest BCUT2D eigenvalue weighted by Crippen LogP contribution is -2.23. The Bertz CT molecular complexity index is 362. The summed E-state index contributed by atoms with van der Waals surface area (Å²) in [4.78, 5) is 0. The van der Waals surface area contributed by atoms with E-state index in [0.29, 0.717) is 12.8 Å². The monoisotopic (exact) mass is 190 g/mol. The molecule has 0 spiro atoms. The van der Waals surface area contributed by atoms with Crippen LogP contribution in [0.2, 0.25) is 0 Å². The van der Waals surface area contributed by atoms with E-state index < -0.39 is 0 Å². The van der Waals surface area contributed by atoms with Gasteiger partial charge < -0.3 is 5.73 Å². The standard InChI is InChI=1S/C10H14N4/c1-3-5-8-7-9(6-4-2)14(13-8)10(11)12/h3-4,7H,1-2,5-6H2,(H3,11,12). The second-order valence-corrected chi connectivity index (χ2v) is 2.91. The third-order valence-corrected chi connectivity index (χ3v) is 1.77. The first-order chi connectivity index (χ1) is 6.69. The molecule has 0 bridgehead atoms. The first-order valence-corrected chi connectivity index (χ1v) is 4.33. The molecule has 0 aliphatic heterocycles. The maximum atomic E-state index is 7.32. The third kappa shape index (κ3) is 2.10. The highest BCUT2D eigenvalue weighted by Crippen LogP contribution is 2.06. The van der Waals surface area contributed by atoms with E-state index in [4.69, 9.17) is 11.1 Å². The van der Waals surface area contributed by atoms with Crippen molar-refractivity contribution < 1.29 is 0 Å². The number of nitrogen functional groups attached to an aromatic ring is 1. The summed E-state index contributed by atoms with van der Waals surface area (Å²) in [6, 6.07) is 1.91. The summed E-state index contributed by atoms with van der Waals surface area (Å²) in [5.74, 6) is -0.0721. The molecule has 0 fully saturated rings. The SMILES string of the molecule is C=CCc1cc(CC=C)n(C(=N)N)n1. The number of hydrogen-bond acceptors (Lipinski definition) is 2. The predicted molar refractivity (Wildman–Crippen MR) is 57.3 cm³/mol. The smallest absolute Gasteiger partial charge is 0.213 e. The van der Waals surface area contributed by atoms with Gasteiger partial charge in [0.1, 0.15) is 0 Å². The zero-order valence-electron chi connectivity index (χ0n) is 8.03. The van der Waals surface area contributed by atoms with Crippen LogP contribution in [0.25, 0.3) is 0 Å². The van der Waals surface area contributed by atoms with Gasteiger partial charge >= 0.3 is 0 Å². The zero-order chi connectivity index (χ0) is 10.6. The van der Waals surface area contributed by atoms with Crippen molar-refractivity contribution in [3.63, 3.8) is 0 Å². The Kier molecular flexibility index (Phi) is 3.23. The number of allylic oxidation sites excluding steroid dienone is 2. The number of rotatable bonds is 4. The molecule has 4 heteroatoms. The fourth-order valence-electron chi connectivity index (χ4n) is 1.22. The van der Waals surface area contributed by atoms with Gasteiger partial charge in [-0.3, -0.25) is 5.41 Å². The molecule has 0 atom stereocenters. The summed E-state index contributed by atoms with van der Waals surface area (Å²) in [6.07, 6.45) is 4.87. The van der Waals surface area contributed by atoms with E-state index in [-0.39, 0.29) is 5.96 Å². The van der Waals surface area contributed by atoms with Crippen molar-refractivity contribution in [1.29, 1.82) is 5.41 Å². The molecule has 4 nitrogen and oxygen atoms in total. The molecule has 14 heavy (non-hydrogen) atoms. The average Bonchev–Trinajstić information content (AvgIpc) is 2.49. The summed E-state index contributed by atoms with van der Waals surface area (Å²) < 4.78 is 1.42. The van der Waals surface area contributed by atoms with Crippen LogP contribution in [0.1, 0.15) is 11.4 Å². The number of nitrogens with zero attached hydrogens (tertiary/aromatic N) is 2. The van der Waals surface area contributed by atoms with Crippen LogP contribution in [0.4, 0.5) is 0 Å². The second-order valence-electron chi connectivity index (χ2n) is 2.91. The summed E-state index contributed by atoms with van der Waals surface area (Å²) in [6.45, 7) is 7.27. The van der Waals surface area contributed by atoms with Crippen LogP contribution < -0.4 is 5.73 Å². The quantitative estimate of drug-likeness (QED) is 0.424. The number of hydrogen-bond donors (Lipinski definition) is 2. The highest BCUT2D eigenvalue weighted by atomic mass is 15.3. The maximum Gasteiger partial charge on any atom is 0.213 e. The Morgan fingerprint density at radius 1 is 1.50 bits per heavy atom. The minimum atomic E-state index is -0.0721. The van der Waals surface area contributed by atoms with Gasteiger partial charge in [0.2, 0.25) is 5.96 Å². The van der Waals surface area contributed by atoms with Gasteiger partial charge in [0.05, 0.1) is 11.4 Å². The van der Waals surface area contributed by atoms with Crippen molar-refractivity contribution in [3.05, 3.63) is 42.8 Å². The minimum absolute atomic E-state index is 0.0721. The first kappa shape index (κ1) is 10.2. The molecule has 0 saturated carbocycles. The molecule has 0 amide bonds. The van der Waals surface area contributed by atoms with Crippen molar-refractivity contribution in [2.75, 3.05) is 0 Å². The summed E-state index contributed by atoms with van der Waals surface area (Å²) in [5.41, 5.74) is 7.12. The van der Waals surface area contributed by atoms with Crippen molar-refractivity contribution >= 4 is 5.96 Å². The lowest BCUT2D eigenvalue weighted by atomic mass is 10.2. The van der Waals surface area contributed by atoms with Crippen molar-refractivity contribution in [2.24, 2.45) is 5.73 Å². The van der Waals surface area contributed by atoms with Gasteiger partial charge in [-0.1, -0.05) is 12.2 Å². The number of nitrogens with one attached hydrogen (secondary N) is 1. The number of nitrogens with two attached hydrogens (primary N) is 1. The van der Waals surface area contributed by atoms with Crippen molar-refractivity contribution in [2.45, 2.75) is 12.8 Å². The van der Waals surface area contributed by atoms with E-state index in [1.165, 1.54) is 4.68 Å². The summed E-state index contributed by atoms with van der Waals surface area (Å²) >= 11 is 0. The van der Waals surface area contributed by atoms with Gasteiger partial charge in [-0.2, -0.15) is 5.10 Å². The number of aromatic nitrogens is 2. The van der Waals surface area contributed by atoms with Crippen LogP contribution in [-0.2, 0) is 12.8 Å².